The molecule has 1 atom stereocenters. The van der Waals surface area contributed by atoms with E-state index < -0.39 is 10.0 Å². The maximum atomic E-state index is 13.4. The van der Waals surface area contributed by atoms with Crippen LogP contribution in [0.5, 0.6) is 0 Å². The lowest BCUT2D eigenvalue weighted by Gasteiger charge is -2.41. The molecule has 3 heterocycles. The van der Waals surface area contributed by atoms with Gasteiger partial charge in [-0.1, -0.05) is 11.6 Å². The molecule has 2 aliphatic heterocycles. The van der Waals surface area contributed by atoms with Gasteiger partial charge < -0.3 is 14.7 Å². The lowest BCUT2D eigenvalue weighted by atomic mass is 10.00. The van der Waals surface area contributed by atoms with Crippen molar-refractivity contribution >= 4 is 44.7 Å². The van der Waals surface area contributed by atoms with Gasteiger partial charge in [0.05, 0.1) is 11.1 Å². The summed E-state index contributed by atoms with van der Waals surface area (Å²) in [5, 5.41) is 0.725. The number of nitrogens with one attached hydrogen (secondary N) is 1. The smallest absolute Gasteiger partial charge is 0.263 e. The number of nitrogens with zero attached hydrogens (tertiary/aromatic N) is 5. The number of carbonyl (C=O) groups is 1. The minimum absolute atomic E-state index is 0. The molecule has 0 saturated carbocycles. The van der Waals surface area contributed by atoms with Crippen LogP contribution in [0, 0.1) is 0 Å². The molecular formula is C26H31ClN6O3S. The Morgan fingerprint density at radius 1 is 1.05 bits per heavy atom. The van der Waals surface area contributed by atoms with Gasteiger partial charge in [-0.15, -0.1) is 0 Å². The Balaban J connectivity index is 0.00000336. The Bertz CT molecular complexity index is 1370. The quantitative estimate of drug-likeness (QED) is 0.507. The molecule has 1 N–H and O–H groups in total. The molecular weight excluding hydrogens is 512 g/mol. The number of halogens is 1. The third kappa shape index (κ3) is 5.50. The first-order valence-electron chi connectivity index (χ1n) is 12.3. The van der Waals surface area contributed by atoms with Crippen molar-refractivity contribution in [1.82, 2.24) is 14.9 Å². The summed E-state index contributed by atoms with van der Waals surface area (Å²) >= 11 is 6.18. The predicted molar refractivity (Wildman–Crippen MR) is 147 cm³/mol. The van der Waals surface area contributed by atoms with Crippen LogP contribution in [0.4, 0.5) is 17.2 Å². The first-order chi connectivity index (χ1) is 17.8. The molecule has 0 unspecified atom stereocenters. The van der Waals surface area contributed by atoms with Crippen LogP contribution < -0.4 is 14.5 Å². The lowest BCUT2D eigenvalue weighted by molar-refractivity contribution is -0.132. The second-order valence-corrected chi connectivity index (χ2v) is 11.4. The number of aryl methyl sites for hydroxylation is 1. The standard InChI is InChI=1S/C26H29ClN6O3S.H2/c1-19(33-12-2-3-20-17-21(27)4-9-24(20)33)26(34)32-15-13-31(14-16-32)22-5-7-23(8-6-22)37(35,36)30-25-18-28-10-11-29-25;/h4-11,17-19H,2-3,12-16H2,1H3,(H,29,30);1H/t19-;/m0./s1. The average Bonchev–Trinajstić information content (AvgIpc) is 2.92. The van der Waals surface area contributed by atoms with E-state index in [0.29, 0.717) is 26.2 Å². The molecule has 1 amide bonds. The number of benzene rings is 2. The number of carbonyl (C=O) groups excluding carboxylic acids is 1. The van der Waals surface area contributed by atoms with E-state index in [0.717, 1.165) is 35.8 Å². The Morgan fingerprint density at radius 2 is 1.81 bits per heavy atom. The maximum absolute atomic E-state index is 13.4. The number of amides is 1. The highest BCUT2D eigenvalue weighted by molar-refractivity contribution is 7.92. The molecule has 2 aromatic carbocycles. The third-order valence-corrected chi connectivity index (χ3v) is 8.53. The summed E-state index contributed by atoms with van der Waals surface area (Å²) < 4.78 is 27.7. The van der Waals surface area contributed by atoms with Gasteiger partial charge in [0.25, 0.3) is 10.0 Å². The monoisotopic (exact) mass is 542 g/mol. The van der Waals surface area contributed by atoms with Gasteiger partial charge in [-0.2, -0.15) is 0 Å². The molecule has 2 aliphatic rings. The Hall–Kier alpha value is -3.37. The van der Waals surface area contributed by atoms with Gasteiger partial charge in [0, 0.05) is 62.9 Å². The van der Waals surface area contributed by atoms with Crippen LogP contribution in [0.15, 0.2) is 66.0 Å². The Labute approximate surface area is 223 Å². The van der Waals surface area contributed by atoms with Gasteiger partial charge in [0.1, 0.15) is 6.04 Å². The zero-order valence-electron chi connectivity index (χ0n) is 20.5. The molecule has 37 heavy (non-hydrogen) atoms. The number of hydrogen-bond acceptors (Lipinski definition) is 7. The first-order valence-corrected chi connectivity index (χ1v) is 14.2. The zero-order valence-corrected chi connectivity index (χ0v) is 22.1. The van der Waals surface area contributed by atoms with Gasteiger partial charge >= 0.3 is 0 Å². The SMILES string of the molecule is C[C@@H](C(=O)N1CCN(c2ccc(S(=O)(=O)Nc3cnccn3)cc2)CC1)N1CCCc2cc(Cl)ccc21.[HH]. The van der Waals surface area contributed by atoms with Crippen LogP contribution in [0.25, 0.3) is 0 Å². The number of fused-ring (bicyclic) bond motifs is 1. The topological polar surface area (TPSA) is 98.7 Å². The van der Waals surface area contributed by atoms with E-state index >= 15 is 0 Å². The van der Waals surface area contributed by atoms with Crippen LogP contribution in [0.2, 0.25) is 5.02 Å². The highest BCUT2D eigenvalue weighted by Crippen LogP contribution is 2.31. The predicted octanol–water partition coefficient (Wildman–Crippen LogP) is 3.67. The van der Waals surface area contributed by atoms with Crippen molar-refractivity contribution < 1.29 is 14.6 Å². The number of anilines is 3. The van der Waals surface area contributed by atoms with Crippen molar-refractivity contribution in [3.8, 4) is 0 Å². The van der Waals surface area contributed by atoms with E-state index in [1.807, 2.05) is 30.0 Å². The highest BCUT2D eigenvalue weighted by Gasteiger charge is 2.31. The summed E-state index contributed by atoms with van der Waals surface area (Å²) in [7, 11) is -3.76. The van der Waals surface area contributed by atoms with Crippen LogP contribution in [0.3, 0.4) is 0 Å². The fraction of sp³-hybridized carbons (Fsp3) is 0.346. The van der Waals surface area contributed by atoms with Crippen molar-refractivity contribution in [2.45, 2.75) is 30.7 Å². The van der Waals surface area contributed by atoms with Gasteiger partial charge in [-0.3, -0.25) is 14.5 Å². The summed E-state index contributed by atoms with van der Waals surface area (Å²) in [5.74, 6) is 0.289. The normalized spacial score (nSPS) is 16.8. The van der Waals surface area contributed by atoms with Gasteiger partial charge in [0.2, 0.25) is 5.91 Å². The molecule has 1 fully saturated rings. The molecule has 11 heteroatoms. The molecule has 5 rings (SSSR count). The maximum Gasteiger partial charge on any atom is 0.263 e. The zero-order chi connectivity index (χ0) is 26.0. The van der Waals surface area contributed by atoms with Crippen LogP contribution >= 0.6 is 11.6 Å². The van der Waals surface area contributed by atoms with Gasteiger partial charge in [-0.05, 0) is 67.8 Å². The molecule has 196 valence electrons. The van der Waals surface area contributed by atoms with Gasteiger partial charge in [-0.25, -0.2) is 13.4 Å². The minimum atomic E-state index is -3.76. The van der Waals surface area contributed by atoms with Crippen molar-refractivity contribution in [2.24, 2.45) is 0 Å². The summed E-state index contributed by atoms with van der Waals surface area (Å²) in [6.45, 7) is 5.40. The fourth-order valence-electron chi connectivity index (χ4n) is 4.96. The number of hydrogen-bond donors (Lipinski definition) is 1. The third-order valence-electron chi connectivity index (χ3n) is 6.93. The molecule has 1 saturated heterocycles. The van der Waals surface area contributed by atoms with Crippen molar-refractivity contribution in [3.63, 3.8) is 0 Å². The van der Waals surface area contributed by atoms with Crippen LogP contribution in [0.1, 0.15) is 20.3 Å². The largest absolute Gasteiger partial charge is 0.368 e. The second kappa shape index (κ2) is 10.5. The van der Waals surface area contributed by atoms with Crippen LogP contribution in [-0.2, 0) is 21.2 Å². The van der Waals surface area contributed by atoms with Crippen LogP contribution in [-0.4, -0.2) is 68.0 Å². The number of rotatable bonds is 6. The van der Waals surface area contributed by atoms with E-state index in [2.05, 4.69) is 24.5 Å². The van der Waals surface area contributed by atoms with E-state index in [9.17, 15) is 13.2 Å². The lowest BCUT2D eigenvalue weighted by Crippen LogP contribution is -2.55. The summed E-state index contributed by atoms with van der Waals surface area (Å²) in [6.07, 6.45) is 6.23. The van der Waals surface area contributed by atoms with Crippen molar-refractivity contribution in [3.05, 3.63) is 71.6 Å². The second-order valence-electron chi connectivity index (χ2n) is 9.25. The Morgan fingerprint density at radius 3 is 2.51 bits per heavy atom. The number of aromatic nitrogens is 2. The number of sulfonamides is 1. The van der Waals surface area contributed by atoms with E-state index in [4.69, 9.17) is 11.6 Å². The molecule has 0 radical (unpaired) electrons. The molecule has 0 aliphatic carbocycles. The first kappa shape index (κ1) is 25.3. The Kier molecular flexibility index (Phi) is 7.21. The van der Waals surface area contributed by atoms with Gasteiger partial charge in [0.15, 0.2) is 5.82 Å². The highest BCUT2D eigenvalue weighted by atomic mass is 35.5. The molecule has 9 nitrogen and oxygen atoms in total. The summed E-state index contributed by atoms with van der Waals surface area (Å²) in [4.78, 5) is 27.6. The minimum Gasteiger partial charge on any atom is -0.368 e. The van der Waals surface area contributed by atoms with Crippen molar-refractivity contribution in [1.29, 1.82) is 0 Å². The van der Waals surface area contributed by atoms with Crippen molar-refractivity contribution in [2.75, 3.05) is 47.2 Å². The molecule has 3 aromatic rings. The fourth-order valence-corrected chi connectivity index (χ4v) is 6.15. The molecule has 1 aromatic heterocycles. The summed E-state index contributed by atoms with van der Waals surface area (Å²) in [6, 6.07) is 12.4. The van der Waals surface area contributed by atoms with E-state index in [-0.39, 0.29) is 24.1 Å². The summed E-state index contributed by atoms with van der Waals surface area (Å²) in [5.41, 5.74) is 3.21. The van der Waals surface area contributed by atoms with E-state index in [1.54, 1.807) is 24.3 Å². The number of piperazine rings is 1. The molecule has 0 spiro atoms. The molecule has 0 bridgehead atoms. The van der Waals surface area contributed by atoms with E-state index in [1.165, 1.54) is 24.2 Å². The average molecular weight is 543 g/mol.